The smallest absolute Gasteiger partial charge is 0.309 e. The number of aliphatic carboxylic acids is 1. The molecule has 0 aromatic rings. The van der Waals surface area contributed by atoms with Gasteiger partial charge in [-0.1, -0.05) is 47.1 Å². The van der Waals surface area contributed by atoms with Crippen LogP contribution in [0.3, 0.4) is 0 Å². The van der Waals surface area contributed by atoms with Crippen molar-refractivity contribution in [3.05, 3.63) is 11.6 Å². The average molecular weight is 743 g/mol. The summed E-state index contributed by atoms with van der Waals surface area (Å²) in [5.41, 5.74) is -0.752. The first-order chi connectivity index (χ1) is 24.5. The maximum atomic E-state index is 14.8. The summed E-state index contributed by atoms with van der Waals surface area (Å²) in [6, 6.07) is 0. The maximum absolute atomic E-state index is 14.8. The van der Waals surface area contributed by atoms with Crippen LogP contribution in [0.5, 0.6) is 0 Å². The standard InChI is InChI=1S/C42H62O11/c1-23(43)49-22-30-34(51-25(3)45)29(50-24(2)44)20-33(52-30)53-32-12-13-40(8)31(37(32,4)5)11-14-42(10)35(40)28(46)19-26-27-21-39(7,36(47)48)16-15-38(27,6)17-18-41(26,42)9/h19,27,29-35H,11-18,20-22H2,1-10H3,(H,47,48)/t27-,29-,30-,31+,32+,33-,34+,35-,38-,39+,40+,41-,42-/m1/s1. The summed E-state index contributed by atoms with van der Waals surface area (Å²) in [7, 11) is 0. The van der Waals surface area contributed by atoms with Gasteiger partial charge in [0.1, 0.15) is 18.8 Å². The third kappa shape index (κ3) is 6.47. The van der Waals surface area contributed by atoms with E-state index >= 15 is 0 Å². The summed E-state index contributed by atoms with van der Waals surface area (Å²) in [4.78, 5) is 63.2. The van der Waals surface area contributed by atoms with Crippen molar-refractivity contribution >= 4 is 29.7 Å². The average Bonchev–Trinajstić information content (AvgIpc) is 3.04. The van der Waals surface area contributed by atoms with Crippen molar-refractivity contribution in [1.29, 1.82) is 0 Å². The second-order valence-corrected chi connectivity index (χ2v) is 19.4. The van der Waals surface area contributed by atoms with Crippen molar-refractivity contribution in [2.75, 3.05) is 6.61 Å². The van der Waals surface area contributed by atoms with Crippen molar-refractivity contribution in [2.45, 2.75) is 164 Å². The second-order valence-electron chi connectivity index (χ2n) is 19.4. The quantitative estimate of drug-likeness (QED) is 0.163. The van der Waals surface area contributed by atoms with Crippen LogP contribution >= 0.6 is 0 Å². The lowest BCUT2D eigenvalue weighted by Gasteiger charge is -2.70. The Balaban J connectivity index is 1.27. The molecular weight excluding hydrogens is 680 g/mol. The highest BCUT2D eigenvalue weighted by molar-refractivity contribution is 5.95. The highest BCUT2D eigenvalue weighted by Gasteiger charge is 2.70. The lowest BCUT2D eigenvalue weighted by atomic mass is 9.33. The molecule has 0 unspecified atom stereocenters. The number of fused-ring (bicyclic) bond motifs is 7. The summed E-state index contributed by atoms with van der Waals surface area (Å²) < 4.78 is 29.6. The van der Waals surface area contributed by atoms with Gasteiger partial charge in [0.25, 0.3) is 0 Å². The molecule has 5 aliphatic carbocycles. The van der Waals surface area contributed by atoms with E-state index in [0.29, 0.717) is 19.3 Å². The first-order valence-electron chi connectivity index (χ1n) is 19.8. The Morgan fingerprint density at radius 2 is 1.51 bits per heavy atom. The molecule has 5 fully saturated rings. The van der Waals surface area contributed by atoms with E-state index in [1.54, 1.807) is 0 Å². The zero-order chi connectivity index (χ0) is 39.1. The van der Waals surface area contributed by atoms with Crippen LogP contribution in [-0.4, -0.2) is 72.1 Å². The molecule has 296 valence electrons. The Morgan fingerprint density at radius 3 is 2.13 bits per heavy atom. The molecule has 0 amide bonds. The number of hydrogen-bond acceptors (Lipinski definition) is 10. The van der Waals surface area contributed by atoms with E-state index in [2.05, 4.69) is 41.5 Å². The molecule has 0 radical (unpaired) electrons. The Morgan fingerprint density at radius 1 is 0.849 bits per heavy atom. The van der Waals surface area contributed by atoms with Gasteiger partial charge in [0.05, 0.1) is 11.5 Å². The Bertz CT molecular complexity index is 1570. The van der Waals surface area contributed by atoms with Gasteiger partial charge >= 0.3 is 23.9 Å². The lowest BCUT2D eigenvalue weighted by Crippen LogP contribution is -2.67. The van der Waals surface area contributed by atoms with Gasteiger partial charge in [0.15, 0.2) is 18.2 Å². The van der Waals surface area contributed by atoms with Crippen LogP contribution < -0.4 is 0 Å². The van der Waals surface area contributed by atoms with E-state index in [4.69, 9.17) is 23.7 Å². The molecule has 1 heterocycles. The van der Waals surface area contributed by atoms with Crippen LogP contribution in [0.4, 0.5) is 0 Å². The third-order valence-electron chi connectivity index (χ3n) is 15.9. The molecule has 53 heavy (non-hydrogen) atoms. The molecule has 0 bridgehead atoms. The fraction of sp³-hybridized carbons (Fsp3) is 0.833. The van der Waals surface area contributed by atoms with Gasteiger partial charge in [-0.3, -0.25) is 24.0 Å². The van der Waals surface area contributed by atoms with Crippen LogP contribution in [0.15, 0.2) is 11.6 Å². The van der Waals surface area contributed by atoms with Crippen molar-refractivity contribution in [3.8, 4) is 0 Å². The fourth-order valence-electron chi connectivity index (χ4n) is 12.8. The van der Waals surface area contributed by atoms with E-state index in [1.165, 1.54) is 26.3 Å². The summed E-state index contributed by atoms with van der Waals surface area (Å²) in [6.07, 6.45) is 5.71. The van der Waals surface area contributed by atoms with Crippen LogP contribution in [0.25, 0.3) is 0 Å². The molecule has 0 aromatic carbocycles. The van der Waals surface area contributed by atoms with Gasteiger partial charge in [-0.05, 0) is 110 Å². The minimum Gasteiger partial charge on any atom is -0.481 e. The van der Waals surface area contributed by atoms with Gasteiger partial charge < -0.3 is 28.8 Å². The SMILES string of the molecule is CC(=O)OC[C@H]1O[C@H](O[C@H]2CC[C@]3(C)[C@H]4C(=O)C=C5[C@H]6C[C@@](C)(C(=O)O)CC[C@]6(C)CC[C@@]5(C)[C@]4(C)CC[C@H]3C2(C)C)C[C@@H](OC(C)=O)[C@@H]1OC(C)=O. The summed E-state index contributed by atoms with van der Waals surface area (Å²) in [5.74, 6) is -2.13. The molecule has 1 aliphatic heterocycles. The number of carbonyl (C=O) groups is 5. The largest absolute Gasteiger partial charge is 0.481 e. The molecule has 1 saturated heterocycles. The van der Waals surface area contributed by atoms with Crippen LogP contribution in [0, 0.1) is 50.2 Å². The van der Waals surface area contributed by atoms with Crippen molar-refractivity contribution in [1.82, 2.24) is 0 Å². The van der Waals surface area contributed by atoms with E-state index < -0.39 is 53.9 Å². The normalized spacial score (nSPS) is 45.9. The lowest BCUT2D eigenvalue weighted by molar-refractivity contribution is -0.299. The number of hydrogen-bond donors (Lipinski definition) is 1. The zero-order valence-electron chi connectivity index (χ0n) is 33.5. The molecule has 13 atom stereocenters. The van der Waals surface area contributed by atoms with Gasteiger partial charge in [-0.25, -0.2) is 0 Å². The summed E-state index contributed by atoms with van der Waals surface area (Å²) in [6.45, 7) is 19.3. The minimum absolute atomic E-state index is 0.00660. The number of esters is 3. The third-order valence-corrected chi connectivity index (χ3v) is 15.9. The first kappa shape index (κ1) is 39.9. The van der Waals surface area contributed by atoms with E-state index in [9.17, 15) is 29.1 Å². The number of carboxylic acids is 1. The molecule has 6 aliphatic rings. The zero-order valence-corrected chi connectivity index (χ0v) is 33.5. The maximum Gasteiger partial charge on any atom is 0.309 e. The number of rotatable bonds is 7. The summed E-state index contributed by atoms with van der Waals surface area (Å²) in [5, 5.41) is 10.2. The van der Waals surface area contributed by atoms with Gasteiger partial charge in [-0.15, -0.1) is 0 Å². The predicted molar refractivity (Wildman–Crippen MR) is 193 cm³/mol. The van der Waals surface area contributed by atoms with Crippen LogP contribution in [0.1, 0.15) is 133 Å². The number of allylic oxidation sites excluding steroid dienone is 2. The van der Waals surface area contributed by atoms with Crippen molar-refractivity contribution < 1.29 is 52.8 Å². The van der Waals surface area contributed by atoms with Gasteiger partial charge in [0, 0.05) is 33.1 Å². The fourth-order valence-corrected chi connectivity index (χ4v) is 12.8. The predicted octanol–water partition coefficient (Wildman–Crippen LogP) is 6.98. The highest BCUT2D eigenvalue weighted by atomic mass is 16.7. The molecule has 0 aromatic heterocycles. The molecular formula is C42H62O11. The molecule has 6 rings (SSSR count). The first-order valence-corrected chi connectivity index (χ1v) is 19.8. The number of carboxylic acid groups (broad SMARTS) is 1. The number of ketones is 1. The van der Waals surface area contributed by atoms with Gasteiger partial charge in [-0.2, -0.15) is 0 Å². The molecule has 4 saturated carbocycles. The van der Waals surface area contributed by atoms with Crippen molar-refractivity contribution in [2.24, 2.45) is 50.2 Å². The Hall–Kier alpha value is -2.79. The second kappa shape index (κ2) is 13.5. The van der Waals surface area contributed by atoms with E-state index in [0.717, 1.165) is 38.5 Å². The van der Waals surface area contributed by atoms with Gasteiger partial charge in [0.2, 0.25) is 0 Å². The van der Waals surface area contributed by atoms with Crippen LogP contribution in [0.2, 0.25) is 0 Å². The van der Waals surface area contributed by atoms with Crippen LogP contribution in [-0.2, 0) is 47.7 Å². The highest BCUT2D eigenvalue weighted by Crippen LogP contribution is 2.75. The molecule has 11 heteroatoms. The number of ether oxygens (including phenoxy) is 5. The van der Waals surface area contributed by atoms with Crippen molar-refractivity contribution in [3.63, 3.8) is 0 Å². The topological polar surface area (TPSA) is 152 Å². The van der Waals surface area contributed by atoms with E-state index in [-0.39, 0.29) is 69.7 Å². The Labute approximate surface area is 314 Å². The van der Waals surface area contributed by atoms with E-state index in [1.807, 2.05) is 13.0 Å². The minimum atomic E-state index is -0.977. The number of carbonyl (C=O) groups excluding carboxylic acids is 4. The molecule has 1 N–H and O–H groups in total. The Kier molecular flexibility index (Phi) is 10.1. The molecule has 0 spiro atoms. The summed E-state index contributed by atoms with van der Waals surface area (Å²) >= 11 is 0. The molecule has 11 nitrogen and oxygen atoms in total. The monoisotopic (exact) mass is 742 g/mol.